The molecule has 0 radical (unpaired) electrons. The first kappa shape index (κ1) is 15.7. The van der Waals surface area contributed by atoms with Crippen LogP contribution in [0.25, 0.3) is 0 Å². The zero-order valence-corrected chi connectivity index (χ0v) is 15.5. The van der Waals surface area contributed by atoms with Crippen LogP contribution in [0.1, 0.15) is 71.6 Å². The maximum atomic E-state index is 12.7. The van der Waals surface area contributed by atoms with Crippen molar-refractivity contribution in [2.75, 3.05) is 13.7 Å². The van der Waals surface area contributed by atoms with Crippen LogP contribution in [0.2, 0.25) is 0 Å². The highest BCUT2D eigenvalue weighted by atomic mass is 16.6. The van der Waals surface area contributed by atoms with E-state index >= 15 is 0 Å². The molecule has 0 aromatic heterocycles. The molecule has 0 unspecified atom stereocenters. The Morgan fingerprint density at radius 1 is 1.08 bits per heavy atom. The normalized spacial score (nSPS) is 58.0. The van der Waals surface area contributed by atoms with Gasteiger partial charge >= 0.3 is 5.97 Å². The molecule has 1 saturated heterocycles. The third-order valence-electron chi connectivity index (χ3n) is 9.46. The molecule has 7 atom stereocenters. The fourth-order valence-corrected chi connectivity index (χ4v) is 8.51. The lowest BCUT2D eigenvalue weighted by Gasteiger charge is -2.63. The Bertz CT molecular complexity index is 582. The summed E-state index contributed by atoms with van der Waals surface area (Å²) < 4.78 is 11.3. The van der Waals surface area contributed by atoms with E-state index in [4.69, 9.17) is 9.47 Å². The lowest BCUT2D eigenvalue weighted by molar-refractivity contribution is -0.183. The molecule has 1 aliphatic heterocycles. The summed E-state index contributed by atoms with van der Waals surface area (Å²) in [6.45, 7) is 5.75. The van der Waals surface area contributed by atoms with Crippen molar-refractivity contribution >= 4 is 5.97 Å². The smallest absolute Gasteiger partial charge is 0.311 e. The zero-order valence-electron chi connectivity index (χ0n) is 15.5. The molecule has 4 aliphatic carbocycles. The number of carbonyl (C=O) groups is 1. The Hall–Kier alpha value is -0.570. The molecule has 1 heterocycles. The number of ether oxygens (including phenoxy) is 2. The van der Waals surface area contributed by atoms with E-state index in [1.165, 1.54) is 51.4 Å². The molecular formula is C21H32O3. The van der Waals surface area contributed by atoms with E-state index in [1.54, 1.807) is 7.11 Å². The van der Waals surface area contributed by atoms with E-state index in [2.05, 4.69) is 13.8 Å². The van der Waals surface area contributed by atoms with Gasteiger partial charge in [0.25, 0.3) is 0 Å². The summed E-state index contributed by atoms with van der Waals surface area (Å²) in [4.78, 5) is 12.7. The summed E-state index contributed by atoms with van der Waals surface area (Å²) in [7, 11) is 1.57. The van der Waals surface area contributed by atoms with Gasteiger partial charge in [0.15, 0.2) is 0 Å². The van der Waals surface area contributed by atoms with E-state index in [9.17, 15) is 4.79 Å². The number of rotatable bonds is 1. The number of hydrogen-bond acceptors (Lipinski definition) is 3. The van der Waals surface area contributed by atoms with Crippen LogP contribution in [0, 0.1) is 34.0 Å². The summed E-state index contributed by atoms with van der Waals surface area (Å²) in [6.07, 6.45) is 11.4. The Balaban J connectivity index is 1.53. The van der Waals surface area contributed by atoms with Gasteiger partial charge in [-0.25, -0.2) is 0 Å². The minimum absolute atomic E-state index is 0.0384. The summed E-state index contributed by atoms with van der Waals surface area (Å²) in [6, 6.07) is 0. The SMILES string of the molecule is COC(=O)[C@]1(C)CCC[C@@]2(C)[C@@H]3CC[C@H]4C[C@@]3(CC[C@@H]21)C[C@]41CO1. The van der Waals surface area contributed by atoms with Crippen molar-refractivity contribution in [3.05, 3.63) is 0 Å². The van der Waals surface area contributed by atoms with Crippen LogP contribution in [-0.4, -0.2) is 25.3 Å². The van der Waals surface area contributed by atoms with Crippen molar-refractivity contribution in [2.45, 2.75) is 77.2 Å². The van der Waals surface area contributed by atoms with Crippen molar-refractivity contribution in [3.8, 4) is 0 Å². The van der Waals surface area contributed by atoms with Gasteiger partial charge in [-0.05, 0) is 86.9 Å². The molecule has 0 amide bonds. The van der Waals surface area contributed by atoms with Crippen LogP contribution in [0.15, 0.2) is 0 Å². The van der Waals surface area contributed by atoms with Crippen molar-refractivity contribution < 1.29 is 14.3 Å². The first-order valence-corrected chi connectivity index (χ1v) is 10.1. The largest absolute Gasteiger partial charge is 0.469 e. The second-order valence-electron chi connectivity index (χ2n) is 10.3. The van der Waals surface area contributed by atoms with E-state index in [-0.39, 0.29) is 17.0 Å². The van der Waals surface area contributed by atoms with Gasteiger partial charge in [0.1, 0.15) is 0 Å². The lowest BCUT2D eigenvalue weighted by Crippen LogP contribution is -2.58. The van der Waals surface area contributed by atoms with Crippen LogP contribution >= 0.6 is 0 Å². The highest BCUT2D eigenvalue weighted by Crippen LogP contribution is 2.75. The Morgan fingerprint density at radius 2 is 1.88 bits per heavy atom. The highest BCUT2D eigenvalue weighted by Gasteiger charge is 2.71. The van der Waals surface area contributed by atoms with Crippen molar-refractivity contribution in [1.82, 2.24) is 0 Å². The zero-order chi connectivity index (χ0) is 16.8. The van der Waals surface area contributed by atoms with Crippen molar-refractivity contribution in [1.29, 1.82) is 0 Å². The van der Waals surface area contributed by atoms with Crippen LogP contribution in [0.4, 0.5) is 0 Å². The van der Waals surface area contributed by atoms with E-state index in [0.717, 1.165) is 24.9 Å². The molecule has 5 aliphatic rings. The number of carbonyl (C=O) groups excluding carboxylic acids is 1. The highest BCUT2D eigenvalue weighted by molar-refractivity contribution is 5.77. The molecule has 0 N–H and O–H groups in total. The molecule has 134 valence electrons. The van der Waals surface area contributed by atoms with Gasteiger partial charge in [0.05, 0.1) is 24.7 Å². The molecule has 5 fully saturated rings. The Morgan fingerprint density at radius 3 is 2.58 bits per heavy atom. The van der Waals surface area contributed by atoms with Gasteiger partial charge < -0.3 is 9.47 Å². The minimum Gasteiger partial charge on any atom is -0.469 e. The maximum Gasteiger partial charge on any atom is 0.311 e. The summed E-state index contributed by atoms with van der Waals surface area (Å²) in [5, 5.41) is 0. The summed E-state index contributed by atoms with van der Waals surface area (Å²) >= 11 is 0. The number of methoxy groups -OCH3 is 1. The van der Waals surface area contributed by atoms with E-state index < -0.39 is 0 Å². The average Bonchev–Trinajstić information content (AvgIpc) is 3.29. The number of fused-ring (bicyclic) bond motifs is 4. The van der Waals surface area contributed by atoms with E-state index in [1.807, 2.05) is 0 Å². The number of epoxide rings is 1. The van der Waals surface area contributed by atoms with Gasteiger partial charge in [-0.15, -0.1) is 0 Å². The molecule has 0 aromatic carbocycles. The van der Waals surface area contributed by atoms with Gasteiger partial charge in [-0.2, -0.15) is 0 Å². The second kappa shape index (κ2) is 4.58. The predicted octanol–water partition coefficient (Wildman–Crippen LogP) is 4.34. The van der Waals surface area contributed by atoms with Crippen LogP contribution in [0.5, 0.6) is 0 Å². The first-order chi connectivity index (χ1) is 11.4. The quantitative estimate of drug-likeness (QED) is 0.529. The standard InChI is InChI=1S/C21H32O3/c1-18-8-4-9-19(2,17(22)23-3)15(18)7-10-20-11-14(5-6-16(18)20)21(12-20)13-24-21/h14-16H,4-13H2,1-3H3/t14-,15-,16-,18+,19+,20-,21-/m0/s1. The molecule has 5 rings (SSSR count). The fraction of sp³-hybridized carbons (Fsp3) is 0.952. The summed E-state index contributed by atoms with van der Waals surface area (Å²) in [5.74, 6) is 2.14. The van der Waals surface area contributed by atoms with Gasteiger partial charge in [0, 0.05) is 0 Å². The Labute approximate surface area is 145 Å². The number of hydrogen-bond donors (Lipinski definition) is 0. The van der Waals surface area contributed by atoms with Gasteiger partial charge in [0.2, 0.25) is 0 Å². The monoisotopic (exact) mass is 332 g/mol. The number of esters is 1. The third kappa shape index (κ3) is 1.70. The Kier molecular flexibility index (Phi) is 2.99. The maximum absolute atomic E-state index is 12.7. The molecule has 24 heavy (non-hydrogen) atoms. The molecule has 2 bridgehead atoms. The van der Waals surface area contributed by atoms with Gasteiger partial charge in [-0.1, -0.05) is 13.3 Å². The van der Waals surface area contributed by atoms with Crippen LogP contribution < -0.4 is 0 Å². The van der Waals surface area contributed by atoms with Gasteiger partial charge in [-0.3, -0.25) is 4.79 Å². The first-order valence-electron chi connectivity index (χ1n) is 10.1. The molecule has 0 aromatic rings. The molecule has 2 spiro atoms. The molecule has 3 heteroatoms. The topological polar surface area (TPSA) is 38.8 Å². The van der Waals surface area contributed by atoms with E-state index in [0.29, 0.717) is 16.7 Å². The molecule has 3 nitrogen and oxygen atoms in total. The lowest BCUT2D eigenvalue weighted by atomic mass is 9.41. The summed E-state index contributed by atoms with van der Waals surface area (Å²) in [5.41, 5.74) is 0.828. The molecular weight excluding hydrogens is 300 g/mol. The average molecular weight is 332 g/mol. The van der Waals surface area contributed by atoms with Crippen LogP contribution in [-0.2, 0) is 14.3 Å². The van der Waals surface area contributed by atoms with Crippen molar-refractivity contribution in [3.63, 3.8) is 0 Å². The van der Waals surface area contributed by atoms with Crippen molar-refractivity contribution in [2.24, 2.45) is 34.0 Å². The third-order valence-corrected chi connectivity index (χ3v) is 9.46. The minimum atomic E-state index is -0.271. The molecule has 4 saturated carbocycles. The second-order valence-corrected chi connectivity index (χ2v) is 10.3. The fourth-order valence-electron chi connectivity index (χ4n) is 8.51. The predicted molar refractivity (Wildman–Crippen MR) is 91.4 cm³/mol. The van der Waals surface area contributed by atoms with Crippen LogP contribution in [0.3, 0.4) is 0 Å².